The number of hydrogen-bond donors (Lipinski definition) is 2. The third-order valence-electron chi connectivity index (χ3n) is 3.45. The second kappa shape index (κ2) is 6.68. The smallest absolute Gasteiger partial charge is 0.159 e. The first-order valence-electron chi connectivity index (χ1n) is 7.34. The molecule has 0 radical (unpaired) electrons. The van der Waals surface area contributed by atoms with Gasteiger partial charge < -0.3 is 10.4 Å². The van der Waals surface area contributed by atoms with Crippen LogP contribution in [0.15, 0.2) is 24.3 Å². The predicted molar refractivity (Wildman–Crippen MR) is 85.4 cm³/mol. The van der Waals surface area contributed by atoms with E-state index in [1.807, 2.05) is 19.9 Å². The number of aromatic nitrogens is 2. The van der Waals surface area contributed by atoms with Crippen LogP contribution in [0.4, 0.5) is 0 Å². The predicted octanol–water partition coefficient (Wildman–Crippen LogP) is 3.01. The highest BCUT2D eigenvalue weighted by atomic mass is 16.3. The molecule has 1 heterocycles. The molecule has 112 valence electrons. The maximum absolute atomic E-state index is 9.57. The molecule has 4 nitrogen and oxygen atoms in total. The van der Waals surface area contributed by atoms with E-state index >= 15 is 0 Å². The number of phenols is 1. The molecule has 0 aliphatic rings. The van der Waals surface area contributed by atoms with Gasteiger partial charge in [0.05, 0.1) is 0 Å². The molecule has 0 saturated carbocycles. The Hall–Kier alpha value is -1.94. The summed E-state index contributed by atoms with van der Waals surface area (Å²) in [7, 11) is 0. The monoisotopic (exact) mass is 285 g/mol. The highest BCUT2D eigenvalue weighted by Gasteiger charge is 2.10. The Kier molecular flexibility index (Phi) is 4.91. The molecule has 0 amide bonds. The standard InChI is InChI=1S/C17H23N3O/c1-11(2)18-9-8-16-12(3)19-17(20-13(16)4)14-6-5-7-15(21)10-14/h5-7,10-11,18,21H,8-9H2,1-4H3. The van der Waals surface area contributed by atoms with Gasteiger partial charge in [0.2, 0.25) is 0 Å². The molecule has 4 heteroatoms. The Bertz CT molecular complexity index is 600. The Balaban J connectivity index is 2.24. The summed E-state index contributed by atoms with van der Waals surface area (Å²) in [6.07, 6.45) is 0.927. The molecule has 0 unspecified atom stereocenters. The fourth-order valence-corrected chi connectivity index (χ4v) is 2.36. The first-order chi connectivity index (χ1) is 9.97. The van der Waals surface area contributed by atoms with Crippen LogP contribution in [0.5, 0.6) is 5.75 Å². The molecule has 0 spiro atoms. The van der Waals surface area contributed by atoms with E-state index in [9.17, 15) is 5.11 Å². The Morgan fingerprint density at radius 3 is 2.38 bits per heavy atom. The number of benzene rings is 1. The summed E-state index contributed by atoms with van der Waals surface area (Å²) < 4.78 is 0. The van der Waals surface area contributed by atoms with Crippen molar-refractivity contribution in [2.45, 2.75) is 40.2 Å². The number of nitrogens with zero attached hydrogens (tertiary/aromatic N) is 2. The van der Waals surface area contributed by atoms with Gasteiger partial charge >= 0.3 is 0 Å². The van der Waals surface area contributed by atoms with Crippen molar-refractivity contribution in [3.63, 3.8) is 0 Å². The lowest BCUT2D eigenvalue weighted by Gasteiger charge is -2.13. The number of phenolic OH excluding ortho intramolecular Hbond substituents is 1. The lowest BCUT2D eigenvalue weighted by atomic mass is 10.1. The zero-order valence-corrected chi connectivity index (χ0v) is 13.1. The van der Waals surface area contributed by atoms with E-state index in [4.69, 9.17) is 0 Å². The van der Waals surface area contributed by atoms with Crippen molar-refractivity contribution in [1.29, 1.82) is 0 Å². The van der Waals surface area contributed by atoms with Crippen LogP contribution in [0.25, 0.3) is 11.4 Å². The number of hydrogen-bond acceptors (Lipinski definition) is 4. The topological polar surface area (TPSA) is 58.0 Å². The molecule has 0 saturated heterocycles. The second-order valence-electron chi connectivity index (χ2n) is 5.61. The lowest BCUT2D eigenvalue weighted by molar-refractivity contribution is 0.475. The fourth-order valence-electron chi connectivity index (χ4n) is 2.36. The lowest BCUT2D eigenvalue weighted by Crippen LogP contribution is -2.25. The maximum Gasteiger partial charge on any atom is 0.159 e. The summed E-state index contributed by atoms with van der Waals surface area (Å²) in [5.41, 5.74) is 4.05. The number of aromatic hydroxyl groups is 1. The van der Waals surface area contributed by atoms with Crippen molar-refractivity contribution < 1.29 is 5.11 Å². The van der Waals surface area contributed by atoms with Gasteiger partial charge in [-0.3, -0.25) is 0 Å². The van der Waals surface area contributed by atoms with Crippen LogP contribution in [0.3, 0.4) is 0 Å². The van der Waals surface area contributed by atoms with Crippen molar-refractivity contribution in [3.8, 4) is 17.1 Å². The van der Waals surface area contributed by atoms with Crippen molar-refractivity contribution >= 4 is 0 Å². The average Bonchev–Trinajstić information content (AvgIpc) is 2.41. The third kappa shape index (κ3) is 4.02. The molecule has 1 aromatic heterocycles. The van der Waals surface area contributed by atoms with Gasteiger partial charge in [0, 0.05) is 23.0 Å². The zero-order chi connectivity index (χ0) is 15.4. The van der Waals surface area contributed by atoms with E-state index in [1.54, 1.807) is 18.2 Å². The molecule has 2 aromatic rings. The van der Waals surface area contributed by atoms with E-state index in [2.05, 4.69) is 29.1 Å². The van der Waals surface area contributed by atoms with Gasteiger partial charge in [0.1, 0.15) is 5.75 Å². The molecule has 2 N–H and O–H groups in total. The van der Waals surface area contributed by atoms with Gasteiger partial charge in [-0.2, -0.15) is 0 Å². The van der Waals surface area contributed by atoms with Crippen molar-refractivity contribution in [3.05, 3.63) is 41.2 Å². The molecule has 0 aliphatic heterocycles. The molecule has 0 aliphatic carbocycles. The molecule has 0 fully saturated rings. The van der Waals surface area contributed by atoms with E-state index in [0.717, 1.165) is 29.9 Å². The summed E-state index contributed by atoms with van der Waals surface area (Å²) in [4.78, 5) is 9.19. The van der Waals surface area contributed by atoms with Gasteiger partial charge in [0.25, 0.3) is 0 Å². The molecular weight excluding hydrogens is 262 g/mol. The first kappa shape index (κ1) is 15.4. The number of rotatable bonds is 5. The number of nitrogens with one attached hydrogen (secondary N) is 1. The van der Waals surface area contributed by atoms with Gasteiger partial charge in [0.15, 0.2) is 5.82 Å². The molecule has 0 bridgehead atoms. The molecule has 1 aromatic carbocycles. The van der Waals surface area contributed by atoms with Gasteiger partial charge in [-0.05, 0) is 44.5 Å². The fraction of sp³-hybridized carbons (Fsp3) is 0.412. The van der Waals surface area contributed by atoms with Crippen LogP contribution < -0.4 is 5.32 Å². The minimum atomic E-state index is 0.233. The Morgan fingerprint density at radius 2 is 1.81 bits per heavy atom. The van der Waals surface area contributed by atoms with E-state index in [1.165, 1.54) is 5.56 Å². The summed E-state index contributed by atoms with van der Waals surface area (Å²) in [5.74, 6) is 0.901. The average molecular weight is 285 g/mol. The molecule has 2 rings (SSSR count). The van der Waals surface area contributed by atoms with Gasteiger partial charge in [-0.15, -0.1) is 0 Å². The first-order valence-corrected chi connectivity index (χ1v) is 7.34. The highest BCUT2D eigenvalue weighted by Crippen LogP contribution is 2.22. The SMILES string of the molecule is Cc1nc(-c2cccc(O)c2)nc(C)c1CCNC(C)C. The number of aryl methyl sites for hydroxylation is 2. The third-order valence-corrected chi connectivity index (χ3v) is 3.45. The van der Waals surface area contributed by atoms with Crippen LogP contribution >= 0.6 is 0 Å². The van der Waals surface area contributed by atoms with Crippen LogP contribution in [-0.2, 0) is 6.42 Å². The van der Waals surface area contributed by atoms with Crippen molar-refractivity contribution in [2.75, 3.05) is 6.54 Å². The van der Waals surface area contributed by atoms with Crippen molar-refractivity contribution in [2.24, 2.45) is 0 Å². The van der Waals surface area contributed by atoms with E-state index < -0.39 is 0 Å². The summed E-state index contributed by atoms with van der Waals surface area (Å²) >= 11 is 0. The second-order valence-corrected chi connectivity index (χ2v) is 5.61. The molecule has 0 atom stereocenters. The minimum Gasteiger partial charge on any atom is -0.508 e. The summed E-state index contributed by atoms with van der Waals surface area (Å²) in [6.45, 7) is 9.24. The van der Waals surface area contributed by atoms with Crippen molar-refractivity contribution in [1.82, 2.24) is 15.3 Å². The molecular formula is C17H23N3O. The summed E-state index contributed by atoms with van der Waals surface area (Å²) in [6, 6.07) is 7.54. The molecule has 21 heavy (non-hydrogen) atoms. The highest BCUT2D eigenvalue weighted by molar-refractivity contribution is 5.58. The Morgan fingerprint density at radius 1 is 1.14 bits per heavy atom. The quantitative estimate of drug-likeness (QED) is 0.886. The van der Waals surface area contributed by atoms with Gasteiger partial charge in [-0.1, -0.05) is 26.0 Å². The maximum atomic E-state index is 9.57. The Labute approximate surface area is 126 Å². The van der Waals surface area contributed by atoms with E-state index in [0.29, 0.717) is 11.9 Å². The van der Waals surface area contributed by atoms with Crippen LogP contribution in [0.2, 0.25) is 0 Å². The van der Waals surface area contributed by atoms with Crippen LogP contribution in [0.1, 0.15) is 30.8 Å². The normalized spacial score (nSPS) is 11.1. The summed E-state index contributed by atoms with van der Waals surface area (Å²) in [5, 5.41) is 13.0. The largest absolute Gasteiger partial charge is 0.508 e. The zero-order valence-electron chi connectivity index (χ0n) is 13.1. The van der Waals surface area contributed by atoms with Crippen LogP contribution in [0, 0.1) is 13.8 Å². The minimum absolute atomic E-state index is 0.233. The van der Waals surface area contributed by atoms with E-state index in [-0.39, 0.29) is 5.75 Å². The van der Waals surface area contributed by atoms with Crippen LogP contribution in [-0.4, -0.2) is 27.7 Å². The van der Waals surface area contributed by atoms with Gasteiger partial charge in [-0.25, -0.2) is 9.97 Å².